The molecule has 0 bridgehead atoms. The number of nitrogens with zero attached hydrogens (tertiary/aromatic N) is 1. The van der Waals surface area contributed by atoms with Crippen molar-refractivity contribution >= 4 is 11.6 Å². The monoisotopic (exact) mass is 298 g/mol. The van der Waals surface area contributed by atoms with Gasteiger partial charge < -0.3 is 20.1 Å². The normalized spacial score (nSPS) is 21.1. The topological polar surface area (TPSA) is 44.7 Å². The molecule has 1 aliphatic rings. The molecule has 5 heteroatoms. The third kappa shape index (κ3) is 4.94. The van der Waals surface area contributed by atoms with Crippen molar-refractivity contribution in [2.45, 2.75) is 12.5 Å². The average molecular weight is 299 g/mol. The second kappa shape index (κ2) is 7.84. The van der Waals surface area contributed by atoms with E-state index in [1.54, 1.807) is 12.1 Å². The first-order valence-electron chi connectivity index (χ1n) is 7.10. The molecule has 0 saturated carbocycles. The minimum Gasteiger partial charge on any atom is -0.489 e. The van der Waals surface area contributed by atoms with Gasteiger partial charge in [-0.25, -0.2) is 0 Å². The number of nitrogens with one attached hydrogen (secondary N) is 1. The maximum Gasteiger partial charge on any atom is 0.138 e. The van der Waals surface area contributed by atoms with E-state index in [2.05, 4.69) is 17.3 Å². The Morgan fingerprint density at radius 2 is 2.30 bits per heavy atom. The fourth-order valence-electron chi connectivity index (χ4n) is 2.45. The molecule has 1 aromatic rings. The van der Waals surface area contributed by atoms with Crippen LogP contribution in [0.25, 0.3) is 0 Å². The van der Waals surface area contributed by atoms with E-state index >= 15 is 0 Å². The molecule has 1 aliphatic heterocycles. The van der Waals surface area contributed by atoms with Crippen molar-refractivity contribution in [3.05, 3.63) is 29.3 Å². The predicted molar refractivity (Wildman–Crippen MR) is 81.4 cm³/mol. The number of hydrogen-bond acceptors (Lipinski definition) is 4. The minimum atomic E-state index is -0.523. The van der Waals surface area contributed by atoms with Crippen molar-refractivity contribution in [3.8, 4) is 5.75 Å². The van der Waals surface area contributed by atoms with Crippen molar-refractivity contribution in [3.63, 3.8) is 0 Å². The first-order valence-corrected chi connectivity index (χ1v) is 7.47. The number of ether oxygens (including phenoxy) is 1. The molecule has 2 N–H and O–H groups in total. The van der Waals surface area contributed by atoms with E-state index in [9.17, 15) is 5.11 Å². The van der Waals surface area contributed by atoms with Crippen LogP contribution in [0.3, 0.4) is 0 Å². The Labute approximate surface area is 125 Å². The van der Waals surface area contributed by atoms with Gasteiger partial charge in [0.1, 0.15) is 18.5 Å². The third-order valence-corrected chi connectivity index (χ3v) is 3.88. The van der Waals surface area contributed by atoms with Gasteiger partial charge in [-0.2, -0.15) is 0 Å². The van der Waals surface area contributed by atoms with Crippen LogP contribution >= 0.6 is 11.6 Å². The van der Waals surface area contributed by atoms with Crippen LogP contribution in [0.15, 0.2) is 24.3 Å². The quantitative estimate of drug-likeness (QED) is 0.803. The second-order valence-electron chi connectivity index (χ2n) is 5.47. The van der Waals surface area contributed by atoms with Crippen molar-refractivity contribution in [2.24, 2.45) is 5.92 Å². The molecule has 1 aromatic carbocycles. The van der Waals surface area contributed by atoms with Gasteiger partial charge in [-0.05, 0) is 44.6 Å². The SMILES string of the molecule is CN1CCC(CNCC(O)COc2ccccc2Cl)C1. The Bertz CT molecular complexity index is 417. The molecule has 1 saturated heterocycles. The van der Waals surface area contributed by atoms with Crippen LogP contribution in [0.5, 0.6) is 5.75 Å². The molecule has 2 atom stereocenters. The predicted octanol–water partition coefficient (Wildman–Crippen LogP) is 1.62. The Hall–Kier alpha value is -0.810. The summed E-state index contributed by atoms with van der Waals surface area (Å²) in [6, 6.07) is 7.29. The van der Waals surface area contributed by atoms with Crippen LogP contribution in [-0.2, 0) is 0 Å². The molecule has 112 valence electrons. The second-order valence-corrected chi connectivity index (χ2v) is 5.88. The first-order chi connectivity index (χ1) is 9.65. The van der Waals surface area contributed by atoms with E-state index in [0.29, 0.717) is 23.2 Å². The van der Waals surface area contributed by atoms with E-state index in [1.165, 1.54) is 13.0 Å². The summed E-state index contributed by atoms with van der Waals surface area (Å²) in [5, 5.41) is 13.8. The van der Waals surface area contributed by atoms with Crippen molar-refractivity contribution < 1.29 is 9.84 Å². The van der Waals surface area contributed by atoms with E-state index in [-0.39, 0.29) is 6.61 Å². The van der Waals surface area contributed by atoms with Gasteiger partial charge in [0.15, 0.2) is 0 Å². The van der Waals surface area contributed by atoms with Crippen LogP contribution in [0, 0.1) is 5.92 Å². The van der Waals surface area contributed by atoms with Gasteiger partial charge >= 0.3 is 0 Å². The maximum absolute atomic E-state index is 9.89. The van der Waals surface area contributed by atoms with E-state index < -0.39 is 6.10 Å². The Morgan fingerprint density at radius 3 is 3.00 bits per heavy atom. The average Bonchev–Trinajstić information content (AvgIpc) is 2.83. The number of likely N-dealkylation sites (tertiary alicyclic amines) is 1. The van der Waals surface area contributed by atoms with Gasteiger partial charge in [-0.3, -0.25) is 0 Å². The summed E-state index contributed by atoms with van der Waals surface area (Å²) in [7, 11) is 2.15. The van der Waals surface area contributed by atoms with Gasteiger partial charge in [0.2, 0.25) is 0 Å². The van der Waals surface area contributed by atoms with Crippen LogP contribution in [-0.4, -0.2) is 55.9 Å². The highest BCUT2D eigenvalue weighted by molar-refractivity contribution is 6.32. The first kappa shape index (κ1) is 15.6. The van der Waals surface area contributed by atoms with Gasteiger partial charge in [-0.1, -0.05) is 23.7 Å². The van der Waals surface area contributed by atoms with Crippen LogP contribution < -0.4 is 10.1 Å². The molecule has 2 rings (SSSR count). The standard InChI is InChI=1S/C15H23ClN2O2/c1-18-7-6-12(10-18)8-17-9-13(19)11-20-15-5-3-2-4-14(15)16/h2-5,12-13,17,19H,6-11H2,1H3. The zero-order chi connectivity index (χ0) is 14.4. The molecule has 0 aliphatic carbocycles. The number of aliphatic hydroxyl groups is 1. The maximum atomic E-state index is 9.89. The van der Waals surface area contributed by atoms with E-state index in [1.807, 2.05) is 12.1 Å². The van der Waals surface area contributed by atoms with Crippen molar-refractivity contribution in [1.82, 2.24) is 10.2 Å². The van der Waals surface area contributed by atoms with Crippen LogP contribution in [0.4, 0.5) is 0 Å². The zero-order valence-electron chi connectivity index (χ0n) is 11.9. The summed E-state index contributed by atoms with van der Waals surface area (Å²) >= 11 is 5.98. The largest absolute Gasteiger partial charge is 0.489 e. The highest BCUT2D eigenvalue weighted by Crippen LogP contribution is 2.23. The smallest absolute Gasteiger partial charge is 0.138 e. The Balaban J connectivity index is 1.61. The van der Waals surface area contributed by atoms with Gasteiger partial charge in [0.25, 0.3) is 0 Å². The summed E-state index contributed by atoms with van der Waals surface area (Å²) < 4.78 is 5.51. The fourth-order valence-corrected chi connectivity index (χ4v) is 2.64. The third-order valence-electron chi connectivity index (χ3n) is 3.57. The van der Waals surface area contributed by atoms with Gasteiger partial charge in [-0.15, -0.1) is 0 Å². The summed E-state index contributed by atoms with van der Waals surface area (Å²) in [6.45, 7) is 4.06. The summed E-state index contributed by atoms with van der Waals surface area (Å²) in [6.07, 6.45) is 0.709. The Morgan fingerprint density at radius 1 is 1.50 bits per heavy atom. The summed E-state index contributed by atoms with van der Waals surface area (Å²) in [4.78, 5) is 2.34. The molecule has 2 unspecified atom stereocenters. The highest BCUT2D eigenvalue weighted by Gasteiger charge is 2.19. The number of halogens is 1. The van der Waals surface area contributed by atoms with Crippen LogP contribution in [0.1, 0.15) is 6.42 Å². The molecule has 4 nitrogen and oxygen atoms in total. The lowest BCUT2D eigenvalue weighted by molar-refractivity contribution is 0.105. The molecule has 0 amide bonds. The molecule has 0 aromatic heterocycles. The van der Waals surface area contributed by atoms with Gasteiger partial charge in [0, 0.05) is 13.1 Å². The molecule has 0 radical (unpaired) electrons. The summed E-state index contributed by atoms with van der Waals surface area (Å²) in [5.41, 5.74) is 0. The number of para-hydroxylation sites is 1. The lowest BCUT2D eigenvalue weighted by Crippen LogP contribution is -2.34. The molecule has 20 heavy (non-hydrogen) atoms. The number of benzene rings is 1. The van der Waals surface area contributed by atoms with Crippen molar-refractivity contribution in [1.29, 1.82) is 0 Å². The number of hydrogen-bond donors (Lipinski definition) is 2. The van der Waals surface area contributed by atoms with Gasteiger partial charge in [0.05, 0.1) is 5.02 Å². The number of aliphatic hydroxyl groups excluding tert-OH is 1. The minimum absolute atomic E-state index is 0.251. The molecule has 1 heterocycles. The summed E-state index contributed by atoms with van der Waals surface area (Å²) in [5.74, 6) is 1.31. The highest BCUT2D eigenvalue weighted by atomic mass is 35.5. The number of rotatable bonds is 7. The van der Waals surface area contributed by atoms with Crippen LogP contribution in [0.2, 0.25) is 5.02 Å². The van der Waals surface area contributed by atoms with E-state index in [4.69, 9.17) is 16.3 Å². The molecule has 1 fully saturated rings. The lowest BCUT2D eigenvalue weighted by Gasteiger charge is -2.16. The fraction of sp³-hybridized carbons (Fsp3) is 0.600. The Kier molecular flexibility index (Phi) is 6.10. The van der Waals surface area contributed by atoms with E-state index in [0.717, 1.165) is 13.1 Å². The van der Waals surface area contributed by atoms with Crippen molar-refractivity contribution in [2.75, 3.05) is 39.8 Å². The molecular weight excluding hydrogens is 276 g/mol. The zero-order valence-corrected chi connectivity index (χ0v) is 12.6. The molecule has 0 spiro atoms. The lowest BCUT2D eigenvalue weighted by atomic mass is 10.1. The molecular formula is C15H23ClN2O2.